The maximum Gasteiger partial charge on any atom is 0.251 e. The summed E-state index contributed by atoms with van der Waals surface area (Å²) < 4.78 is 29.3. The lowest BCUT2D eigenvalue weighted by atomic mass is 9.96. The SMILES string of the molecule is CC.CC\C=C(F)/C(=C/SC)C(/Cl)=C(\C)C(=O)N(Cc1cc(-c2ccncc2F)ccc1CC)C(CC)CC. The Labute approximate surface area is 243 Å². The van der Waals surface area contributed by atoms with E-state index in [-0.39, 0.29) is 22.6 Å². The van der Waals surface area contributed by atoms with Gasteiger partial charge >= 0.3 is 0 Å². The number of halogens is 3. The van der Waals surface area contributed by atoms with Crippen molar-refractivity contribution >= 4 is 29.3 Å². The molecule has 0 radical (unpaired) electrons. The minimum atomic E-state index is -0.441. The number of aromatic nitrogens is 1. The van der Waals surface area contributed by atoms with Crippen LogP contribution in [0, 0.1) is 5.82 Å². The maximum atomic E-state index is 14.8. The Balaban J connectivity index is 0.00000371. The number of pyridine rings is 1. The Morgan fingerprint density at radius 1 is 1.13 bits per heavy atom. The van der Waals surface area contributed by atoms with Crippen molar-refractivity contribution < 1.29 is 13.6 Å². The largest absolute Gasteiger partial charge is 0.332 e. The van der Waals surface area contributed by atoms with Crippen molar-refractivity contribution in [3.05, 3.63) is 87.1 Å². The van der Waals surface area contributed by atoms with Gasteiger partial charge in [-0.05, 0) is 79.2 Å². The molecule has 7 heteroatoms. The number of carbonyl (C=O) groups is 1. The van der Waals surface area contributed by atoms with Crippen molar-refractivity contribution in [2.45, 2.75) is 86.7 Å². The van der Waals surface area contributed by atoms with Gasteiger partial charge in [-0.3, -0.25) is 9.78 Å². The van der Waals surface area contributed by atoms with Crippen LogP contribution in [0.15, 0.2) is 70.1 Å². The van der Waals surface area contributed by atoms with Gasteiger partial charge in [0, 0.05) is 35.5 Å². The molecule has 0 fully saturated rings. The molecule has 0 N–H and O–H groups in total. The number of nitrogens with zero attached hydrogens (tertiary/aromatic N) is 2. The highest BCUT2D eigenvalue weighted by molar-refractivity contribution is 8.01. The van der Waals surface area contributed by atoms with E-state index in [9.17, 15) is 13.6 Å². The Morgan fingerprint density at radius 3 is 2.33 bits per heavy atom. The summed E-state index contributed by atoms with van der Waals surface area (Å²) in [7, 11) is 0. The molecular weight excluding hydrogens is 534 g/mol. The number of hydrogen-bond acceptors (Lipinski definition) is 3. The maximum absolute atomic E-state index is 14.8. The minimum absolute atomic E-state index is 0.0399. The zero-order valence-corrected chi connectivity index (χ0v) is 26.1. The Kier molecular flexibility index (Phi) is 16.0. The van der Waals surface area contributed by atoms with E-state index in [1.807, 2.05) is 64.0 Å². The van der Waals surface area contributed by atoms with Crippen LogP contribution in [0.3, 0.4) is 0 Å². The van der Waals surface area contributed by atoms with Gasteiger partial charge in [-0.15, -0.1) is 11.8 Å². The number of benzene rings is 1. The lowest BCUT2D eigenvalue weighted by Gasteiger charge is -2.32. The molecule has 0 aliphatic carbocycles. The van der Waals surface area contributed by atoms with Gasteiger partial charge in [0.15, 0.2) is 0 Å². The monoisotopic (exact) mass is 576 g/mol. The lowest BCUT2D eigenvalue weighted by molar-refractivity contribution is -0.130. The molecule has 0 bridgehead atoms. The third kappa shape index (κ3) is 9.32. The molecule has 39 heavy (non-hydrogen) atoms. The summed E-state index contributed by atoms with van der Waals surface area (Å²) in [5.74, 6) is -1.08. The smallest absolute Gasteiger partial charge is 0.251 e. The van der Waals surface area contributed by atoms with Crippen LogP contribution < -0.4 is 0 Å². The summed E-state index contributed by atoms with van der Waals surface area (Å²) >= 11 is 7.97. The molecule has 1 amide bonds. The van der Waals surface area contributed by atoms with E-state index in [0.717, 1.165) is 36.0 Å². The standard InChI is InChI=1S/C30H37ClF2N2OS.C2H6/c1-7-11-27(32)26(19-37-6)29(31)20(5)30(36)35(24(9-3)10-4)18-23-16-22(13-12-21(23)8-2)25-14-15-34-17-28(25)33;1-2/h11-17,19,24H,7-10,18H2,1-6H3;1-2H3/b26-19-,27-11+,29-20-;. The highest BCUT2D eigenvalue weighted by Crippen LogP contribution is 2.32. The highest BCUT2D eigenvalue weighted by Gasteiger charge is 2.26. The summed E-state index contributed by atoms with van der Waals surface area (Å²) in [4.78, 5) is 19.6. The molecule has 0 saturated heterocycles. The fraction of sp³-hybridized carbons (Fsp3) is 0.438. The van der Waals surface area contributed by atoms with Gasteiger partial charge < -0.3 is 4.90 Å². The van der Waals surface area contributed by atoms with E-state index >= 15 is 0 Å². The van der Waals surface area contributed by atoms with Gasteiger partial charge in [0.05, 0.1) is 11.2 Å². The van der Waals surface area contributed by atoms with Crippen molar-refractivity contribution in [2.24, 2.45) is 0 Å². The number of allylic oxidation sites excluding steroid dienone is 4. The third-order valence-electron chi connectivity index (χ3n) is 6.42. The molecule has 214 valence electrons. The molecule has 1 heterocycles. The Morgan fingerprint density at radius 2 is 1.79 bits per heavy atom. The number of amides is 1. The van der Waals surface area contributed by atoms with E-state index in [0.29, 0.717) is 24.1 Å². The molecule has 0 atom stereocenters. The third-order valence-corrected chi connectivity index (χ3v) is 7.38. The predicted molar refractivity (Wildman–Crippen MR) is 165 cm³/mol. The highest BCUT2D eigenvalue weighted by atomic mass is 35.5. The number of hydrogen-bond donors (Lipinski definition) is 0. The summed E-state index contributed by atoms with van der Waals surface area (Å²) in [6, 6.07) is 7.44. The molecule has 1 aromatic heterocycles. The molecule has 3 nitrogen and oxygen atoms in total. The van der Waals surface area contributed by atoms with E-state index in [1.54, 1.807) is 24.6 Å². The summed E-state index contributed by atoms with van der Waals surface area (Å²) in [6.45, 7) is 14.0. The van der Waals surface area contributed by atoms with Crippen molar-refractivity contribution in [1.82, 2.24) is 9.88 Å². The first-order chi connectivity index (χ1) is 18.7. The van der Waals surface area contributed by atoms with Crippen LogP contribution in [0.5, 0.6) is 0 Å². The van der Waals surface area contributed by atoms with Crippen molar-refractivity contribution in [3.8, 4) is 11.1 Å². The predicted octanol–water partition coefficient (Wildman–Crippen LogP) is 10.0. The van der Waals surface area contributed by atoms with Crippen molar-refractivity contribution in [2.75, 3.05) is 6.26 Å². The Bertz CT molecular complexity index is 1170. The second kappa shape index (κ2) is 18.0. The zero-order valence-electron chi connectivity index (χ0n) is 24.6. The molecule has 0 aliphatic rings. The van der Waals surface area contributed by atoms with Gasteiger partial charge in [0.2, 0.25) is 0 Å². The van der Waals surface area contributed by atoms with E-state index in [1.165, 1.54) is 24.0 Å². The molecular formula is C32H43ClF2N2OS. The summed E-state index contributed by atoms with van der Waals surface area (Å²) in [6.07, 6.45) is 8.83. The van der Waals surface area contributed by atoms with Gasteiger partial charge in [0.1, 0.15) is 11.6 Å². The topological polar surface area (TPSA) is 33.2 Å². The van der Waals surface area contributed by atoms with Gasteiger partial charge in [-0.25, -0.2) is 8.78 Å². The quantitative estimate of drug-likeness (QED) is 0.186. The van der Waals surface area contributed by atoms with Crippen LogP contribution in [0.4, 0.5) is 8.78 Å². The van der Waals surface area contributed by atoms with Crippen molar-refractivity contribution in [3.63, 3.8) is 0 Å². The number of rotatable bonds is 12. The first-order valence-electron chi connectivity index (χ1n) is 13.7. The summed E-state index contributed by atoms with van der Waals surface area (Å²) in [5, 5.41) is 1.74. The van der Waals surface area contributed by atoms with Gasteiger partial charge in [-0.1, -0.05) is 65.3 Å². The number of carbonyl (C=O) groups excluding carboxylic acids is 1. The average Bonchev–Trinajstić information content (AvgIpc) is 2.96. The van der Waals surface area contributed by atoms with E-state index in [4.69, 9.17) is 11.6 Å². The lowest BCUT2D eigenvalue weighted by Crippen LogP contribution is -2.40. The molecule has 0 saturated carbocycles. The molecule has 0 spiro atoms. The van der Waals surface area contributed by atoms with Crippen molar-refractivity contribution in [1.29, 1.82) is 0 Å². The second-order valence-electron chi connectivity index (χ2n) is 8.76. The number of thioether (sulfide) groups is 1. The van der Waals surface area contributed by atoms with E-state index in [2.05, 4.69) is 11.9 Å². The molecule has 2 rings (SSSR count). The number of aryl methyl sites for hydroxylation is 1. The molecule has 0 aliphatic heterocycles. The first-order valence-corrected chi connectivity index (χ1v) is 15.4. The van der Waals surface area contributed by atoms with Gasteiger partial charge in [-0.2, -0.15) is 0 Å². The van der Waals surface area contributed by atoms with Crippen LogP contribution in [0.2, 0.25) is 0 Å². The fourth-order valence-corrected chi connectivity index (χ4v) is 5.06. The Hall–Kier alpha value is -2.44. The minimum Gasteiger partial charge on any atom is -0.332 e. The fourth-order valence-electron chi connectivity index (χ4n) is 4.31. The first kappa shape index (κ1) is 34.6. The summed E-state index contributed by atoms with van der Waals surface area (Å²) in [5.41, 5.74) is 3.72. The van der Waals surface area contributed by atoms with Crippen LogP contribution in [-0.2, 0) is 17.8 Å². The van der Waals surface area contributed by atoms with Gasteiger partial charge in [0.25, 0.3) is 5.91 Å². The van der Waals surface area contributed by atoms with Crippen LogP contribution in [0.25, 0.3) is 11.1 Å². The zero-order chi connectivity index (χ0) is 29.5. The van der Waals surface area contributed by atoms with Crippen LogP contribution >= 0.6 is 23.4 Å². The normalized spacial score (nSPS) is 12.6. The average molecular weight is 577 g/mol. The van der Waals surface area contributed by atoms with Crippen LogP contribution in [0.1, 0.15) is 78.9 Å². The molecule has 0 unspecified atom stereocenters. The van der Waals surface area contributed by atoms with E-state index < -0.39 is 11.6 Å². The van der Waals surface area contributed by atoms with Crippen LogP contribution in [-0.4, -0.2) is 28.1 Å². The second-order valence-corrected chi connectivity index (χ2v) is 9.85. The molecule has 1 aromatic carbocycles. The molecule has 2 aromatic rings.